The van der Waals surface area contributed by atoms with E-state index < -0.39 is 10.0 Å². The third-order valence-corrected chi connectivity index (χ3v) is 6.03. The third-order valence-electron chi connectivity index (χ3n) is 3.96. The second kappa shape index (κ2) is 7.99. The van der Waals surface area contributed by atoms with Crippen LogP contribution in [0.5, 0.6) is 0 Å². The van der Waals surface area contributed by atoms with Crippen LogP contribution in [0.15, 0.2) is 76.1 Å². The highest BCUT2D eigenvalue weighted by Gasteiger charge is 2.15. The van der Waals surface area contributed by atoms with Crippen molar-refractivity contribution in [3.05, 3.63) is 93.5 Å². The molecule has 0 atom stereocenters. The fourth-order valence-electron chi connectivity index (χ4n) is 2.47. The molecule has 0 spiro atoms. The van der Waals surface area contributed by atoms with Crippen LogP contribution < -0.4 is 4.72 Å². The first-order chi connectivity index (χ1) is 12.8. The Balaban J connectivity index is 1.98. The summed E-state index contributed by atoms with van der Waals surface area (Å²) in [6, 6.07) is 19.9. The molecule has 3 aromatic carbocycles. The molecule has 0 aromatic heterocycles. The van der Waals surface area contributed by atoms with E-state index in [1.165, 1.54) is 0 Å². The molecule has 0 saturated heterocycles. The molecule has 27 heavy (non-hydrogen) atoms. The van der Waals surface area contributed by atoms with Crippen LogP contribution in [0.2, 0.25) is 0 Å². The van der Waals surface area contributed by atoms with Crippen LogP contribution in [0.4, 0.5) is 5.69 Å². The Morgan fingerprint density at radius 2 is 1.44 bits per heavy atom. The quantitative estimate of drug-likeness (QED) is 0.565. The number of hydrogen-bond donors (Lipinski definition) is 1. The first-order valence-electron chi connectivity index (χ1n) is 8.32. The van der Waals surface area contributed by atoms with Crippen LogP contribution in [0.1, 0.15) is 22.3 Å². The molecule has 0 aliphatic rings. The van der Waals surface area contributed by atoms with Crippen LogP contribution in [0.25, 0.3) is 0 Å². The SMILES string of the molecule is Cc1ccc(S(=O)(=O)Nc2ccc(C)cc2C#Cc2ccccc2Br)cc1. The largest absolute Gasteiger partial charge is 0.278 e. The molecule has 0 fully saturated rings. The van der Waals surface area contributed by atoms with E-state index in [4.69, 9.17) is 0 Å². The van der Waals surface area contributed by atoms with Crippen molar-refractivity contribution >= 4 is 31.6 Å². The fraction of sp³-hybridized carbons (Fsp3) is 0.0909. The van der Waals surface area contributed by atoms with Crippen molar-refractivity contribution < 1.29 is 8.42 Å². The van der Waals surface area contributed by atoms with Crippen LogP contribution in [0, 0.1) is 25.7 Å². The average molecular weight is 440 g/mol. The van der Waals surface area contributed by atoms with Crippen molar-refractivity contribution in [2.75, 3.05) is 4.72 Å². The normalized spacial score (nSPS) is 10.8. The highest BCUT2D eigenvalue weighted by atomic mass is 79.9. The van der Waals surface area contributed by atoms with Gasteiger partial charge in [-0.25, -0.2) is 8.42 Å². The predicted octanol–water partition coefficient (Wildman–Crippen LogP) is 5.27. The molecule has 3 aromatic rings. The summed E-state index contributed by atoms with van der Waals surface area (Å²) >= 11 is 3.47. The van der Waals surface area contributed by atoms with Crippen molar-refractivity contribution in [2.24, 2.45) is 0 Å². The van der Waals surface area contributed by atoms with Crippen LogP contribution in [0.3, 0.4) is 0 Å². The van der Waals surface area contributed by atoms with E-state index in [9.17, 15) is 8.42 Å². The van der Waals surface area contributed by atoms with Crippen molar-refractivity contribution in [2.45, 2.75) is 18.7 Å². The van der Waals surface area contributed by atoms with Gasteiger partial charge < -0.3 is 0 Å². The van der Waals surface area contributed by atoms with Gasteiger partial charge in [-0.3, -0.25) is 4.72 Å². The van der Waals surface area contributed by atoms with Gasteiger partial charge in [0, 0.05) is 15.6 Å². The summed E-state index contributed by atoms with van der Waals surface area (Å²) in [4.78, 5) is 0.221. The molecule has 0 bridgehead atoms. The Kier molecular flexibility index (Phi) is 5.69. The first kappa shape index (κ1) is 19.2. The number of halogens is 1. The van der Waals surface area contributed by atoms with E-state index in [0.717, 1.165) is 21.2 Å². The van der Waals surface area contributed by atoms with Gasteiger partial charge in [-0.05, 0) is 71.7 Å². The van der Waals surface area contributed by atoms with E-state index in [0.29, 0.717) is 11.3 Å². The summed E-state index contributed by atoms with van der Waals surface area (Å²) in [5, 5.41) is 0. The van der Waals surface area contributed by atoms with Gasteiger partial charge >= 0.3 is 0 Å². The van der Waals surface area contributed by atoms with Gasteiger partial charge in [0.1, 0.15) is 0 Å². The Morgan fingerprint density at radius 1 is 0.815 bits per heavy atom. The number of hydrogen-bond acceptors (Lipinski definition) is 2. The van der Waals surface area contributed by atoms with Gasteiger partial charge in [0.15, 0.2) is 0 Å². The Bertz CT molecular complexity index is 1140. The Labute approximate surface area is 168 Å². The van der Waals surface area contributed by atoms with E-state index in [1.54, 1.807) is 30.3 Å². The van der Waals surface area contributed by atoms with Crippen LogP contribution >= 0.6 is 15.9 Å². The molecule has 0 heterocycles. The topological polar surface area (TPSA) is 46.2 Å². The van der Waals surface area contributed by atoms with Crippen molar-refractivity contribution in [1.82, 2.24) is 0 Å². The Morgan fingerprint density at radius 3 is 2.15 bits per heavy atom. The average Bonchev–Trinajstić information content (AvgIpc) is 2.63. The summed E-state index contributed by atoms with van der Waals surface area (Å²) in [6.07, 6.45) is 0. The molecule has 0 aliphatic heterocycles. The van der Waals surface area contributed by atoms with Gasteiger partial charge in [0.05, 0.1) is 10.6 Å². The van der Waals surface area contributed by atoms with Gasteiger partial charge in [-0.1, -0.05) is 47.7 Å². The molecule has 0 saturated carbocycles. The lowest BCUT2D eigenvalue weighted by atomic mass is 10.1. The molecule has 5 heteroatoms. The third kappa shape index (κ3) is 4.79. The standard InChI is InChI=1S/C22H18BrNO2S/c1-16-7-12-20(13-8-16)27(25,26)24-22-14-9-17(2)15-19(22)11-10-18-5-3-4-6-21(18)23/h3-9,12-15,24H,1-2H3. The van der Waals surface area contributed by atoms with Gasteiger partial charge in [0.25, 0.3) is 10.0 Å². The minimum atomic E-state index is -3.68. The lowest BCUT2D eigenvalue weighted by Gasteiger charge is -2.11. The summed E-state index contributed by atoms with van der Waals surface area (Å²) in [5.74, 6) is 6.19. The first-order valence-corrected chi connectivity index (χ1v) is 10.6. The summed E-state index contributed by atoms with van der Waals surface area (Å²) in [7, 11) is -3.68. The highest BCUT2D eigenvalue weighted by Crippen LogP contribution is 2.22. The van der Waals surface area contributed by atoms with Crippen molar-refractivity contribution in [3.8, 4) is 11.8 Å². The second-order valence-electron chi connectivity index (χ2n) is 6.20. The summed E-state index contributed by atoms with van der Waals surface area (Å²) < 4.78 is 29.0. The second-order valence-corrected chi connectivity index (χ2v) is 8.73. The smallest absolute Gasteiger partial charge is 0.261 e. The molecule has 0 radical (unpaired) electrons. The number of sulfonamides is 1. The van der Waals surface area contributed by atoms with E-state index >= 15 is 0 Å². The van der Waals surface area contributed by atoms with Crippen molar-refractivity contribution in [1.29, 1.82) is 0 Å². The lowest BCUT2D eigenvalue weighted by Crippen LogP contribution is -2.14. The number of aryl methyl sites for hydroxylation is 2. The molecular weight excluding hydrogens is 422 g/mol. The van der Waals surface area contributed by atoms with Gasteiger partial charge in [0.2, 0.25) is 0 Å². The minimum Gasteiger partial charge on any atom is -0.278 e. The maximum atomic E-state index is 12.7. The molecule has 0 aliphatic carbocycles. The zero-order valence-corrected chi connectivity index (χ0v) is 17.4. The molecule has 0 amide bonds. The maximum Gasteiger partial charge on any atom is 0.261 e. The number of anilines is 1. The van der Waals surface area contributed by atoms with E-state index in [2.05, 4.69) is 32.5 Å². The fourth-order valence-corrected chi connectivity index (χ4v) is 3.93. The van der Waals surface area contributed by atoms with Gasteiger partial charge in [-0.15, -0.1) is 0 Å². The maximum absolute atomic E-state index is 12.7. The zero-order chi connectivity index (χ0) is 19.4. The number of benzene rings is 3. The molecule has 1 N–H and O–H groups in total. The van der Waals surface area contributed by atoms with Gasteiger partial charge in [-0.2, -0.15) is 0 Å². The molecule has 3 nitrogen and oxygen atoms in total. The predicted molar refractivity (Wildman–Crippen MR) is 113 cm³/mol. The monoisotopic (exact) mass is 439 g/mol. The summed E-state index contributed by atoms with van der Waals surface area (Å²) in [6.45, 7) is 3.86. The summed E-state index contributed by atoms with van der Waals surface area (Å²) in [5.41, 5.74) is 3.93. The van der Waals surface area contributed by atoms with E-state index in [1.807, 2.05) is 50.2 Å². The minimum absolute atomic E-state index is 0.221. The van der Waals surface area contributed by atoms with E-state index in [-0.39, 0.29) is 4.90 Å². The Hall–Kier alpha value is -2.55. The molecule has 0 unspecified atom stereocenters. The number of nitrogens with one attached hydrogen (secondary N) is 1. The molecule has 136 valence electrons. The molecular formula is C22H18BrNO2S. The zero-order valence-electron chi connectivity index (χ0n) is 15.0. The lowest BCUT2D eigenvalue weighted by molar-refractivity contribution is 0.601. The van der Waals surface area contributed by atoms with Crippen LogP contribution in [-0.2, 0) is 10.0 Å². The van der Waals surface area contributed by atoms with Crippen LogP contribution in [-0.4, -0.2) is 8.42 Å². The highest BCUT2D eigenvalue weighted by molar-refractivity contribution is 9.10. The molecule has 3 rings (SSSR count). The van der Waals surface area contributed by atoms with Crippen molar-refractivity contribution in [3.63, 3.8) is 0 Å². The number of rotatable bonds is 3.